The predicted octanol–water partition coefficient (Wildman–Crippen LogP) is 2.97. The number of nitrogens with one attached hydrogen (secondary N) is 2. The van der Waals surface area contributed by atoms with E-state index in [0.29, 0.717) is 22.3 Å². The Labute approximate surface area is 149 Å². The molecule has 0 aromatic heterocycles. The molecule has 0 atom stereocenters. The lowest BCUT2D eigenvalue weighted by atomic mass is 10.0. The number of rotatable bonds is 2. The van der Waals surface area contributed by atoms with E-state index in [1.54, 1.807) is 54.6 Å². The zero-order chi connectivity index (χ0) is 18.1. The topological polar surface area (TPSA) is 75.3 Å². The summed E-state index contributed by atoms with van der Waals surface area (Å²) < 4.78 is 0. The highest BCUT2D eigenvalue weighted by atomic mass is 16.2. The van der Waals surface area contributed by atoms with Crippen molar-refractivity contribution in [2.45, 2.75) is 0 Å². The lowest BCUT2D eigenvalue weighted by molar-refractivity contribution is 0.0846. The van der Waals surface area contributed by atoms with Gasteiger partial charge in [-0.2, -0.15) is 0 Å². The van der Waals surface area contributed by atoms with Gasteiger partial charge in [-0.25, -0.2) is 0 Å². The van der Waals surface area contributed by atoms with Crippen LogP contribution in [0.1, 0.15) is 36.6 Å². The minimum atomic E-state index is -0.485. The first kappa shape index (κ1) is 15.8. The van der Waals surface area contributed by atoms with Crippen molar-refractivity contribution in [3.05, 3.63) is 95.1 Å². The highest BCUT2D eigenvalue weighted by molar-refractivity contribution is 6.22. The summed E-state index contributed by atoms with van der Waals surface area (Å²) >= 11 is 0. The van der Waals surface area contributed by atoms with Crippen molar-refractivity contribution in [1.29, 1.82) is 0 Å². The molecule has 4 rings (SSSR count). The van der Waals surface area contributed by atoms with Gasteiger partial charge in [0.05, 0.1) is 0 Å². The number of amides is 2. The summed E-state index contributed by atoms with van der Waals surface area (Å²) in [7, 11) is 0. The Morgan fingerprint density at radius 3 is 1.88 bits per heavy atom. The van der Waals surface area contributed by atoms with Crippen LogP contribution in [0.3, 0.4) is 0 Å². The molecule has 0 bridgehead atoms. The maximum atomic E-state index is 12.5. The first-order valence-electron chi connectivity index (χ1n) is 8.09. The van der Waals surface area contributed by atoms with E-state index >= 15 is 0 Å². The molecule has 0 heterocycles. The van der Waals surface area contributed by atoms with Gasteiger partial charge in [0.2, 0.25) is 0 Å². The van der Waals surface area contributed by atoms with Gasteiger partial charge in [0.1, 0.15) is 0 Å². The van der Waals surface area contributed by atoms with Crippen molar-refractivity contribution < 1.29 is 14.4 Å². The van der Waals surface area contributed by atoms with Gasteiger partial charge >= 0.3 is 0 Å². The average molecular weight is 342 g/mol. The molecule has 0 saturated carbocycles. The number of ketones is 1. The Morgan fingerprint density at radius 1 is 0.577 bits per heavy atom. The second-order valence-corrected chi connectivity index (χ2v) is 5.91. The zero-order valence-electron chi connectivity index (χ0n) is 13.7. The molecule has 2 N–H and O–H groups in total. The third-order valence-electron chi connectivity index (χ3n) is 4.31. The first-order valence-corrected chi connectivity index (χ1v) is 8.09. The normalized spacial score (nSPS) is 11.5. The van der Waals surface area contributed by atoms with Gasteiger partial charge in [0, 0.05) is 22.3 Å². The lowest BCUT2D eigenvalue weighted by Gasteiger charge is -2.08. The van der Waals surface area contributed by atoms with Crippen LogP contribution in [0.5, 0.6) is 0 Å². The van der Waals surface area contributed by atoms with Crippen molar-refractivity contribution in [1.82, 2.24) is 10.9 Å². The fourth-order valence-corrected chi connectivity index (χ4v) is 3.02. The Hall–Kier alpha value is -3.73. The molecule has 0 saturated heterocycles. The molecule has 0 unspecified atom stereocenters. The van der Waals surface area contributed by atoms with Gasteiger partial charge in [-0.1, -0.05) is 48.5 Å². The Kier molecular flexibility index (Phi) is 3.82. The van der Waals surface area contributed by atoms with Crippen molar-refractivity contribution in [3.63, 3.8) is 0 Å². The van der Waals surface area contributed by atoms with Gasteiger partial charge in [0.15, 0.2) is 5.78 Å². The number of hydrogen-bond donors (Lipinski definition) is 2. The van der Waals surface area contributed by atoms with E-state index in [-0.39, 0.29) is 5.78 Å². The van der Waals surface area contributed by atoms with Crippen molar-refractivity contribution in [2.24, 2.45) is 0 Å². The molecule has 1 aliphatic rings. The van der Waals surface area contributed by atoms with Crippen molar-refractivity contribution >= 4 is 17.6 Å². The van der Waals surface area contributed by atoms with Crippen LogP contribution < -0.4 is 10.9 Å². The fourth-order valence-electron chi connectivity index (χ4n) is 3.02. The van der Waals surface area contributed by atoms with Crippen molar-refractivity contribution in [2.75, 3.05) is 0 Å². The van der Waals surface area contributed by atoms with Crippen LogP contribution in [0, 0.1) is 0 Å². The molecular formula is C21H14N2O3. The van der Waals surface area contributed by atoms with Gasteiger partial charge in [-0.05, 0) is 35.4 Å². The SMILES string of the molecule is O=C(NNC(=O)c1ccc2c(c1)C(=O)c1ccccc1-2)c1ccccc1. The van der Waals surface area contributed by atoms with E-state index in [9.17, 15) is 14.4 Å². The summed E-state index contributed by atoms with van der Waals surface area (Å²) in [5.74, 6) is -0.997. The highest BCUT2D eigenvalue weighted by Gasteiger charge is 2.27. The molecule has 26 heavy (non-hydrogen) atoms. The molecule has 0 aliphatic heterocycles. The smallest absolute Gasteiger partial charge is 0.269 e. The van der Waals surface area contributed by atoms with Crippen LogP contribution in [-0.4, -0.2) is 17.6 Å². The van der Waals surface area contributed by atoms with E-state index < -0.39 is 11.8 Å². The fraction of sp³-hybridized carbons (Fsp3) is 0. The third-order valence-corrected chi connectivity index (χ3v) is 4.31. The Bertz CT molecular complexity index is 1040. The number of hydrogen-bond acceptors (Lipinski definition) is 3. The van der Waals surface area contributed by atoms with Crippen LogP contribution in [-0.2, 0) is 0 Å². The molecule has 1 aliphatic carbocycles. The molecule has 5 nitrogen and oxygen atoms in total. The minimum absolute atomic E-state index is 0.0985. The quantitative estimate of drug-likeness (QED) is 0.550. The number of carbonyl (C=O) groups is 3. The first-order chi connectivity index (χ1) is 12.6. The van der Waals surface area contributed by atoms with Crippen LogP contribution in [0.15, 0.2) is 72.8 Å². The van der Waals surface area contributed by atoms with Gasteiger partial charge in [0.25, 0.3) is 11.8 Å². The van der Waals surface area contributed by atoms with E-state index in [1.165, 1.54) is 0 Å². The number of fused-ring (bicyclic) bond motifs is 3. The van der Waals surface area contributed by atoms with E-state index in [2.05, 4.69) is 10.9 Å². The molecule has 3 aromatic carbocycles. The molecule has 3 aromatic rings. The average Bonchev–Trinajstić information content (AvgIpc) is 2.99. The van der Waals surface area contributed by atoms with Crippen LogP contribution in [0.4, 0.5) is 0 Å². The standard InChI is InChI=1S/C21H14N2O3/c24-19-17-9-5-4-8-15(17)16-11-10-14(12-18(16)19)21(26)23-22-20(25)13-6-2-1-3-7-13/h1-12H,(H,22,25)(H,23,26). The molecule has 2 amide bonds. The summed E-state index contributed by atoms with van der Waals surface area (Å²) in [4.78, 5) is 36.8. The van der Waals surface area contributed by atoms with Crippen LogP contribution in [0.25, 0.3) is 11.1 Å². The summed E-state index contributed by atoms with van der Waals surface area (Å²) in [6.45, 7) is 0. The number of benzene rings is 3. The highest BCUT2D eigenvalue weighted by Crippen LogP contribution is 2.36. The Balaban J connectivity index is 1.52. The molecule has 0 spiro atoms. The maximum Gasteiger partial charge on any atom is 0.269 e. The number of hydrazine groups is 1. The summed E-state index contributed by atoms with van der Waals surface area (Å²) in [6, 6.07) is 20.9. The molecule has 126 valence electrons. The second kappa shape index (κ2) is 6.29. The zero-order valence-corrected chi connectivity index (χ0v) is 13.7. The van der Waals surface area contributed by atoms with Crippen LogP contribution >= 0.6 is 0 Å². The van der Waals surface area contributed by atoms with Gasteiger partial charge in [-0.15, -0.1) is 0 Å². The van der Waals surface area contributed by atoms with Crippen molar-refractivity contribution in [3.8, 4) is 11.1 Å². The number of carbonyl (C=O) groups excluding carboxylic acids is 3. The molecular weight excluding hydrogens is 328 g/mol. The van der Waals surface area contributed by atoms with E-state index in [1.807, 2.05) is 18.2 Å². The van der Waals surface area contributed by atoms with E-state index in [0.717, 1.165) is 11.1 Å². The molecule has 0 radical (unpaired) electrons. The second-order valence-electron chi connectivity index (χ2n) is 5.91. The lowest BCUT2D eigenvalue weighted by Crippen LogP contribution is -2.41. The maximum absolute atomic E-state index is 12.5. The van der Waals surface area contributed by atoms with E-state index in [4.69, 9.17) is 0 Å². The van der Waals surface area contributed by atoms with Gasteiger partial charge in [-0.3, -0.25) is 25.2 Å². The summed E-state index contributed by atoms with van der Waals surface area (Å²) in [6.07, 6.45) is 0. The predicted molar refractivity (Wildman–Crippen MR) is 96.7 cm³/mol. The summed E-state index contributed by atoms with van der Waals surface area (Å²) in [5, 5.41) is 0. The largest absolute Gasteiger partial charge is 0.289 e. The van der Waals surface area contributed by atoms with Crippen LogP contribution in [0.2, 0.25) is 0 Å². The monoisotopic (exact) mass is 342 g/mol. The summed E-state index contributed by atoms with van der Waals surface area (Å²) in [5.41, 5.74) is 8.30. The Morgan fingerprint density at radius 2 is 1.15 bits per heavy atom. The molecule has 0 fully saturated rings. The third kappa shape index (κ3) is 2.65. The molecule has 5 heteroatoms. The minimum Gasteiger partial charge on any atom is -0.289 e. The van der Waals surface area contributed by atoms with Gasteiger partial charge < -0.3 is 0 Å².